The number of aryl methyl sites for hydroxylation is 1. The van der Waals surface area contributed by atoms with Crippen LogP contribution in [-0.2, 0) is 7.05 Å². The number of imidazole rings is 1. The van der Waals surface area contributed by atoms with Crippen molar-refractivity contribution in [1.29, 1.82) is 0 Å². The SMILES string of the molecule is Cn1cnc2c(N3CCCN(CCN)CC3)nccc21. The Hall–Kier alpha value is -1.66. The number of rotatable bonds is 3. The number of nitrogens with zero attached hydrogens (tertiary/aromatic N) is 5. The number of fused-ring (bicyclic) bond motifs is 1. The normalized spacial score (nSPS) is 17.6. The standard InChI is InChI=1S/C14H22N6/c1-18-11-17-13-12(18)3-5-16-14(13)20-7-2-6-19(8-4-15)9-10-20/h3,5,11H,2,4,6-10,15H2,1H3. The quantitative estimate of drug-likeness (QED) is 0.880. The second-order valence-electron chi connectivity index (χ2n) is 5.33. The van der Waals surface area contributed by atoms with Crippen LogP contribution in [0.15, 0.2) is 18.6 Å². The van der Waals surface area contributed by atoms with Crippen molar-refractivity contribution in [2.45, 2.75) is 6.42 Å². The molecule has 0 spiro atoms. The van der Waals surface area contributed by atoms with Crippen molar-refractivity contribution in [1.82, 2.24) is 19.4 Å². The Morgan fingerprint density at radius 3 is 2.95 bits per heavy atom. The highest BCUT2D eigenvalue weighted by molar-refractivity contribution is 5.86. The van der Waals surface area contributed by atoms with E-state index in [1.807, 2.05) is 30.2 Å². The Bertz CT molecular complexity index is 578. The summed E-state index contributed by atoms with van der Waals surface area (Å²) in [5.74, 6) is 1.01. The molecule has 0 aromatic carbocycles. The first-order valence-electron chi connectivity index (χ1n) is 7.23. The summed E-state index contributed by atoms with van der Waals surface area (Å²) < 4.78 is 2.04. The van der Waals surface area contributed by atoms with Crippen LogP contribution >= 0.6 is 0 Å². The van der Waals surface area contributed by atoms with Gasteiger partial charge < -0.3 is 20.1 Å². The van der Waals surface area contributed by atoms with Gasteiger partial charge in [-0.15, -0.1) is 0 Å². The molecule has 0 amide bonds. The third kappa shape index (κ3) is 2.48. The number of hydrogen-bond acceptors (Lipinski definition) is 5. The van der Waals surface area contributed by atoms with Gasteiger partial charge >= 0.3 is 0 Å². The molecule has 1 aliphatic rings. The van der Waals surface area contributed by atoms with E-state index in [2.05, 4.69) is 19.8 Å². The predicted octanol–water partition coefficient (Wildman–Crippen LogP) is 0.439. The topological polar surface area (TPSA) is 63.2 Å². The van der Waals surface area contributed by atoms with Crippen LogP contribution in [0.1, 0.15) is 6.42 Å². The fraction of sp³-hybridized carbons (Fsp3) is 0.571. The van der Waals surface area contributed by atoms with Crippen molar-refractivity contribution in [3.05, 3.63) is 18.6 Å². The number of pyridine rings is 1. The lowest BCUT2D eigenvalue weighted by atomic mass is 10.3. The van der Waals surface area contributed by atoms with Crippen molar-refractivity contribution < 1.29 is 0 Å². The maximum absolute atomic E-state index is 5.65. The molecule has 0 bridgehead atoms. The van der Waals surface area contributed by atoms with Crippen molar-refractivity contribution in [3.63, 3.8) is 0 Å². The number of hydrogen-bond donors (Lipinski definition) is 1. The van der Waals surface area contributed by atoms with Gasteiger partial charge in [-0.3, -0.25) is 0 Å². The minimum atomic E-state index is 0.730. The van der Waals surface area contributed by atoms with Gasteiger partial charge in [-0.2, -0.15) is 0 Å². The maximum Gasteiger partial charge on any atom is 0.156 e. The minimum Gasteiger partial charge on any atom is -0.353 e. The molecular formula is C14H22N6. The number of aromatic nitrogens is 3. The summed E-state index contributed by atoms with van der Waals surface area (Å²) in [6.07, 6.45) is 4.88. The Balaban J connectivity index is 1.84. The largest absolute Gasteiger partial charge is 0.353 e. The van der Waals surface area contributed by atoms with Crippen LogP contribution in [0.5, 0.6) is 0 Å². The molecule has 0 aliphatic carbocycles. The van der Waals surface area contributed by atoms with Gasteiger partial charge in [0.05, 0.1) is 11.8 Å². The second-order valence-corrected chi connectivity index (χ2v) is 5.33. The number of nitrogens with two attached hydrogens (primary N) is 1. The maximum atomic E-state index is 5.65. The third-order valence-corrected chi connectivity index (χ3v) is 3.96. The van der Waals surface area contributed by atoms with Crippen molar-refractivity contribution >= 4 is 16.9 Å². The zero-order chi connectivity index (χ0) is 13.9. The van der Waals surface area contributed by atoms with E-state index in [1.165, 1.54) is 0 Å². The van der Waals surface area contributed by atoms with Crippen LogP contribution in [0.3, 0.4) is 0 Å². The van der Waals surface area contributed by atoms with Crippen LogP contribution in [-0.4, -0.2) is 58.7 Å². The second kappa shape index (κ2) is 5.76. The Morgan fingerprint density at radius 2 is 2.10 bits per heavy atom. The molecule has 1 saturated heterocycles. The smallest absolute Gasteiger partial charge is 0.156 e. The average molecular weight is 274 g/mol. The van der Waals surface area contributed by atoms with E-state index in [9.17, 15) is 0 Å². The molecule has 2 aromatic heterocycles. The molecule has 0 unspecified atom stereocenters. The molecule has 20 heavy (non-hydrogen) atoms. The lowest BCUT2D eigenvalue weighted by Crippen LogP contribution is -2.34. The van der Waals surface area contributed by atoms with Gasteiger partial charge in [-0.1, -0.05) is 0 Å². The average Bonchev–Trinajstić information content (AvgIpc) is 2.70. The van der Waals surface area contributed by atoms with Crippen molar-refractivity contribution in [2.75, 3.05) is 44.2 Å². The van der Waals surface area contributed by atoms with Crippen LogP contribution < -0.4 is 10.6 Å². The van der Waals surface area contributed by atoms with Gasteiger partial charge in [-0.05, 0) is 19.0 Å². The Morgan fingerprint density at radius 1 is 1.20 bits per heavy atom. The van der Waals surface area contributed by atoms with E-state index in [0.717, 1.165) is 62.5 Å². The third-order valence-electron chi connectivity index (χ3n) is 3.96. The van der Waals surface area contributed by atoms with Gasteiger partial charge in [-0.25, -0.2) is 9.97 Å². The van der Waals surface area contributed by atoms with E-state index < -0.39 is 0 Å². The molecule has 2 N–H and O–H groups in total. The fourth-order valence-corrected chi connectivity index (χ4v) is 2.87. The minimum absolute atomic E-state index is 0.730. The summed E-state index contributed by atoms with van der Waals surface area (Å²) in [7, 11) is 2.02. The molecule has 3 rings (SSSR count). The molecule has 108 valence electrons. The molecule has 0 saturated carbocycles. The summed E-state index contributed by atoms with van der Waals surface area (Å²) in [6, 6.07) is 2.02. The zero-order valence-electron chi connectivity index (χ0n) is 12.0. The highest BCUT2D eigenvalue weighted by Gasteiger charge is 2.18. The van der Waals surface area contributed by atoms with E-state index in [1.54, 1.807) is 0 Å². The molecular weight excluding hydrogens is 252 g/mol. The monoisotopic (exact) mass is 274 g/mol. The molecule has 6 nitrogen and oxygen atoms in total. The van der Waals surface area contributed by atoms with Crippen LogP contribution in [0.4, 0.5) is 5.82 Å². The van der Waals surface area contributed by atoms with Crippen molar-refractivity contribution in [3.8, 4) is 0 Å². The molecule has 3 heterocycles. The summed E-state index contributed by atoms with van der Waals surface area (Å²) >= 11 is 0. The molecule has 1 aliphatic heterocycles. The molecule has 0 radical (unpaired) electrons. The van der Waals surface area contributed by atoms with E-state index in [-0.39, 0.29) is 0 Å². The van der Waals surface area contributed by atoms with E-state index in [4.69, 9.17) is 5.73 Å². The summed E-state index contributed by atoms with van der Waals surface area (Å²) in [5.41, 5.74) is 7.79. The lowest BCUT2D eigenvalue weighted by molar-refractivity contribution is 0.302. The summed E-state index contributed by atoms with van der Waals surface area (Å²) in [6.45, 7) is 5.89. The summed E-state index contributed by atoms with van der Waals surface area (Å²) in [5, 5.41) is 0. The Labute approximate surface area is 119 Å². The fourth-order valence-electron chi connectivity index (χ4n) is 2.87. The van der Waals surface area contributed by atoms with Crippen LogP contribution in [0.2, 0.25) is 0 Å². The van der Waals surface area contributed by atoms with Crippen LogP contribution in [0, 0.1) is 0 Å². The highest BCUT2D eigenvalue weighted by atomic mass is 15.3. The molecule has 1 fully saturated rings. The zero-order valence-corrected chi connectivity index (χ0v) is 12.0. The highest BCUT2D eigenvalue weighted by Crippen LogP contribution is 2.23. The number of anilines is 1. The van der Waals surface area contributed by atoms with E-state index in [0.29, 0.717) is 0 Å². The first-order chi connectivity index (χ1) is 9.79. The molecule has 0 atom stereocenters. The van der Waals surface area contributed by atoms with Gasteiger partial charge in [0.2, 0.25) is 0 Å². The molecule has 6 heteroatoms. The summed E-state index contributed by atoms with van der Waals surface area (Å²) in [4.78, 5) is 13.9. The van der Waals surface area contributed by atoms with Gasteiger partial charge in [0.1, 0.15) is 5.52 Å². The van der Waals surface area contributed by atoms with Crippen LogP contribution in [0.25, 0.3) is 11.0 Å². The first-order valence-corrected chi connectivity index (χ1v) is 7.23. The van der Waals surface area contributed by atoms with Crippen molar-refractivity contribution in [2.24, 2.45) is 12.8 Å². The van der Waals surface area contributed by atoms with Gasteiger partial charge in [0.15, 0.2) is 5.82 Å². The van der Waals surface area contributed by atoms with Gasteiger partial charge in [0, 0.05) is 46.0 Å². The first kappa shape index (κ1) is 13.3. The Kier molecular flexibility index (Phi) is 3.84. The van der Waals surface area contributed by atoms with E-state index >= 15 is 0 Å². The predicted molar refractivity (Wildman–Crippen MR) is 80.8 cm³/mol. The lowest BCUT2D eigenvalue weighted by Gasteiger charge is -2.22. The van der Waals surface area contributed by atoms with Gasteiger partial charge in [0.25, 0.3) is 0 Å². The molecule has 2 aromatic rings.